The first-order chi connectivity index (χ1) is 15.2. The summed E-state index contributed by atoms with van der Waals surface area (Å²) in [6.07, 6.45) is 3.33. The van der Waals surface area contributed by atoms with E-state index in [1.807, 2.05) is 6.92 Å². The molecule has 1 atom stereocenters. The van der Waals surface area contributed by atoms with Crippen molar-refractivity contribution in [1.29, 1.82) is 0 Å². The molecule has 1 aliphatic carbocycles. The fourth-order valence-electron chi connectivity index (χ4n) is 3.79. The van der Waals surface area contributed by atoms with Crippen LogP contribution in [0.4, 0.5) is 0 Å². The Kier molecular flexibility index (Phi) is 6.11. The SMILES string of the molecule is Cc1ccc(S(=O)(=O)NC(C)C(=O)Oc2cc3oc(=O)c4c(c3cc2Cl)CCCC4)cc1. The molecule has 32 heavy (non-hydrogen) atoms. The number of sulfonamides is 1. The van der Waals surface area contributed by atoms with Crippen molar-refractivity contribution in [3.63, 3.8) is 0 Å². The zero-order valence-corrected chi connectivity index (χ0v) is 19.2. The zero-order valence-electron chi connectivity index (χ0n) is 17.6. The van der Waals surface area contributed by atoms with Gasteiger partial charge < -0.3 is 9.15 Å². The van der Waals surface area contributed by atoms with Crippen molar-refractivity contribution >= 4 is 38.6 Å². The van der Waals surface area contributed by atoms with Crippen molar-refractivity contribution in [3.8, 4) is 5.75 Å². The lowest BCUT2D eigenvalue weighted by Crippen LogP contribution is -2.40. The largest absolute Gasteiger partial charge is 0.424 e. The fraction of sp³-hybridized carbons (Fsp3) is 0.304. The van der Waals surface area contributed by atoms with Gasteiger partial charge in [0, 0.05) is 17.0 Å². The molecule has 168 valence electrons. The van der Waals surface area contributed by atoms with Gasteiger partial charge in [0.25, 0.3) is 0 Å². The third kappa shape index (κ3) is 4.44. The molecule has 7 nitrogen and oxygen atoms in total. The van der Waals surface area contributed by atoms with Crippen molar-refractivity contribution in [2.75, 3.05) is 0 Å². The number of carbonyl (C=O) groups is 1. The predicted molar refractivity (Wildman–Crippen MR) is 121 cm³/mol. The fourth-order valence-corrected chi connectivity index (χ4v) is 5.18. The molecule has 1 unspecified atom stereocenters. The second kappa shape index (κ2) is 8.69. The van der Waals surface area contributed by atoms with E-state index in [1.54, 1.807) is 18.2 Å². The van der Waals surface area contributed by atoms with Crippen LogP contribution in [0.25, 0.3) is 11.0 Å². The molecule has 2 aromatic carbocycles. The highest BCUT2D eigenvalue weighted by atomic mass is 35.5. The Hall–Kier alpha value is -2.68. The quantitative estimate of drug-likeness (QED) is 0.341. The van der Waals surface area contributed by atoms with Crippen molar-refractivity contribution in [2.24, 2.45) is 0 Å². The Bertz CT molecular complexity index is 1360. The lowest BCUT2D eigenvalue weighted by molar-refractivity contribution is -0.135. The Morgan fingerprint density at radius 3 is 2.47 bits per heavy atom. The summed E-state index contributed by atoms with van der Waals surface area (Å²) in [6.45, 7) is 3.22. The van der Waals surface area contributed by atoms with Crippen LogP contribution in [0, 0.1) is 6.92 Å². The van der Waals surface area contributed by atoms with E-state index in [0.717, 1.165) is 35.8 Å². The molecule has 0 saturated heterocycles. The van der Waals surface area contributed by atoms with Gasteiger partial charge in [-0.15, -0.1) is 0 Å². The van der Waals surface area contributed by atoms with Gasteiger partial charge in [0.05, 0.1) is 9.92 Å². The number of nitrogens with one attached hydrogen (secondary N) is 1. The first-order valence-corrected chi connectivity index (χ1v) is 12.1. The molecule has 0 spiro atoms. The van der Waals surface area contributed by atoms with Crippen LogP contribution in [0.5, 0.6) is 5.75 Å². The molecular formula is C23H22ClNO6S. The zero-order chi connectivity index (χ0) is 23.0. The topological polar surface area (TPSA) is 103 Å². The first kappa shape index (κ1) is 22.5. The average Bonchev–Trinajstić information content (AvgIpc) is 2.75. The molecule has 1 aromatic heterocycles. The van der Waals surface area contributed by atoms with Gasteiger partial charge in [-0.2, -0.15) is 4.72 Å². The van der Waals surface area contributed by atoms with Crippen LogP contribution < -0.4 is 15.1 Å². The average molecular weight is 476 g/mol. The summed E-state index contributed by atoms with van der Waals surface area (Å²) in [7, 11) is -3.92. The van der Waals surface area contributed by atoms with E-state index in [1.165, 1.54) is 25.1 Å². The minimum absolute atomic E-state index is 0.00976. The molecule has 1 aliphatic rings. The molecule has 0 saturated carbocycles. The number of hydrogen-bond acceptors (Lipinski definition) is 6. The maximum absolute atomic E-state index is 12.6. The summed E-state index contributed by atoms with van der Waals surface area (Å²) in [5.74, 6) is -0.855. The normalized spacial score (nSPS) is 14.7. The van der Waals surface area contributed by atoms with Gasteiger partial charge in [-0.05, 0) is 63.3 Å². The van der Waals surface area contributed by atoms with Gasteiger partial charge >= 0.3 is 11.6 Å². The molecule has 9 heteroatoms. The van der Waals surface area contributed by atoms with Crippen molar-refractivity contribution in [3.05, 3.63) is 68.5 Å². The Labute approximate surface area is 190 Å². The third-order valence-corrected chi connectivity index (χ3v) is 7.36. The molecule has 1 heterocycles. The Morgan fingerprint density at radius 1 is 1.12 bits per heavy atom. The molecule has 0 bridgehead atoms. The van der Waals surface area contributed by atoms with Crippen LogP contribution in [0.2, 0.25) is 5.02 Å². The number of rotatable bonds is 5. The molecule has 1 N–H and O–H groups in total. The number of esters is 1. The van der Waals surface area contributed by atoms with Crippen molar-refractivity contribution in [1.82, 2.24) is 4.72 Å². The number of carbonyl (C=O) groups excluding carboxylic acids is 1. The molecule has 0 radical (unpaired) electrons. The maximum atomic E-state index is 12.6. The van der Waals surface area contributed by atoms with E-state index >= 15 is 0 Å². The summed E-state index contributed by atoms with van der Waals surface area (Å²) >= 11 is 6.34. The van der Waals surface area contributed by atoms with Gasteiger partial charge in [0.15, 0.2) is 5.75 Å². The van der Waals surface area contributed by atoms with Gasteiger partial charge in [-0.3, -0.25) is 0 Å². The van der Waals surface area contributed by atoms with Gasteiger partial charge in [-0.1, -0.05) is 29.3 Å². The predicted octanol–water partition coefficient (Wildman–Crippen LogP) is 3.91. The lowest BCUT2D eigenvalue weighted by Gasteiger charge is -2.17. The second-order valence-electron chi connectivity index (χ2n) is 7.91. The number of fused-ring (bicyclic) bond motifs is 3. The molecule has 4 rings (SSSR count). The van der Waals surface area contributed by atoms with Gasteiger partial charge in [0.1, 0.15) is 11.6 Å². The van der Waals surface area contributed by atoms with E-state index < -0.39 is 27.7 Å². The third-order valence-electron chi connectivity index (χ3n) is 5.50. The minimum atomic E-state index is -3.92. The van der Waals surface area contributed by atoms with Crippen molar-refractivity contribution in [2.45, 2.75) is 50.5 Å². The van der Waals surface area contributed by atoms with Gasteiger partial charge in [-0.25, -0.2) is 18.0 Å². The highest BCUT2D eigenvalue weighted by molar-refractivity contribution is 7.89. The van der Waals surface area contributed by atoms with E-state index in [9.17, 15) is 18.0 Å². The smallest absolute Gasteiger partial charge is 0.339 e. The highest BCUT2D eigenvalue weighted by Crippen LogP contribution is 2.34. The summed E-state index contributed by atoms with van der Waals surface area (Å²) in [5, 5.41) is 0.887. The van der Waals surface area contributed by atoms with Gasteiger partial charge in [0.2, 0.25) is 10.0 Å². The molecule has 0 fully saturated rings. The molecule has 3 aromatic rings. The van der Waals surface area contributed by atoms with Crippen LogP contribution in [0.1, 0.15) is 36.5 Å². The highest BCUT2D eigenvalue weighted by Gasteiger charge is 2.25. The molecular weight excluding hydrogens is 454 g/mol. The van der Waals surface area contributed by atoms with Crippen molar-refractivity contribution < 1.29 is 22.4 Å². The molecule has 0 aliphatic heterocycles. The van der Waals surface area contributed by atoms with Crippen LogP contribution >= 0.6 is 11.6 Å². The van der Waals surface area contributed by atoms with Crippen LogP contribution in [0.3, 0.4) is 0 Å². The minimum Gasteiger partial charge on any atom is -0.424 e. The van der Waals surface area contributed by atoms with E-state index in [4.69, 9.17) is 20.8 Å². The Morgan fingerprint density at radius 2 is 1.78 bits per heavy atom. The number of aryl methyl sites for hydroxylation is 2. The van der Waals surface area contributed by atoms with Crippen LogP contribution in [-0.2, 0) is 27.7 Å². The summed E-state index contributed by atoms with van der Waals surface area (Å²) in [4.78, 5) is 24.9. The molecule has 0 amide bonds. The van der Waals surface area contributed by atoms with E-state index in [2.05, 4.69) is 4.72 Å². The first-order valence-electron chi connectivity index (χ1n) is 10.2. The van der Waals surface area contributed by atoms with E-state index in [0.29, 0.717) is 12.0 Å². The lowest BCUT2D eigenvalue weighted by atomic mass is 9.91. The summed E-state index contributed by atoms with van der Waals surface area (Å²) in [6, 6.07) is 8.08. The Balaban J connectivity index is 1.57. The standard InChI is InChI=1S/C23H22ClNO6S/c1-13-7-9-15(10-8-13)32(28,29)25-14(2)22(26)31-21-12-20-18(11-19(21)24)16-5-3-4-6-17(16)23(27)30-20/h7-12,14,25H,3-6H2,1-2H3. The number of halogens is 1. The maximum Gasteiger partial charge on any atom is 0.339 e. The summed E-state index contributed by atoms with van der Waals surface area (Å²) in [5.41, 5.74) is 2.38. The monoisotopic (exact) mass is 475 g/mol. The number of benzene rings is 2. The van der Waals surface area contributed by atoms with E-state index in [-0.39, 0.29) is 21.3 Å². The number of hydrogen-bond donors (Lipinski definition) is 1. The van der Waals surface area contributed by atoms with Crippen LogP contribution in [0.15, 0.2) is 50.5 Å². The summed E-state index contributed by atoms with van der Waals surface area (Å²) < 4.78 is 38.1. The second-order valence-corrected chi connectivity index (χ2v) is 10.0. The number of ether oxygens (including phenoxy) is 1. The van der Waals surface area contributed by atoms with Crippen LogP contribution in [-0.4, -0.2) is 20.4 Å².